The van der Waals surface area contributed by atoms with Crippen LogP contribution in [0.4, 0.5) is 11.5 Å². The lowest BCUT2D eigenvalue weighted by Crippen LogP contribution is -2.36. The SMILES string of the molecule is Cc1ccncc1S(=O)(=O)N(C)c1ccc(N2CCOCC2)nc1. The van der Waals surface area contributed by atoms with E-state index in [-0.39, 0.29) is 4.90 Å². The Bertz CT molecular complexity index is 802. The van der Waals surface area contributed by atoms with Crippen LogP contribution in [0.1, 0.15) is 5.56 Å². The van der Waals surface area contributed by atoms with E-state index in [9.17, 15) is 8.42 Å². The molecular weight excluding hydrogens is 328 g/mol. The standard InChI is InChI=1S/C16H20N4O3S/c1-13-5-6-17-12-15(13)24(21,22)19(2)14-3-4-16(18-11-14)20-7-9-23-10-8-20/h3-6,11-12H,7-10H2,1-2H3. The zero-order valence-corrected chi connectivity index (χ0v) is 14.5. The van der Waals surface area contributed by atoms with E-state index in [1.54, 1.807) is 31.5 Å². The molecule has 0 aliphatic carbocycles. The molecule has 0 amide bonds. The summed E-state index contributed by atoms with van der Waals surface area (Å²) in [4.78, 5) is 10.6. The number of morpholine rings is 1. The molecule has 0 spiro atoms. The maximum absolute atomic E-state index is 12.8. The molecule has 1 saturated heterocycles. The molecule has 0 aromatic carbocycles. The minimum Gasteiger partial charge on any atom is -0.378 e. The third-order valence-corrected chi connectivity index (χ3v) is 5.98. The zero-order chi connectivity index (χ0) is 17.2. The van der Waals surface area contributed by atoms with Crippen LogP contribution in [-0.2, 0) is 14.8 Å². The van der Waals surface area contributed by atoms with Crippen molar-refractivity contribution in [2.24, 2.45) is 0 Å². The van der Waals surface area contributed by atoms with E-state index in [2.05, 4.69) is 14.9 Å². The second-order valence-electron chi connectivity index (χ2n) is 5.59. The molecule has 3 heterocycles. The summed E-state index contributed by atoms with van der Waals surface area (Å²) in [5.74, 6) is 0.824. The predicted molar refractivity (Wildman–Crippen MR) is 91.8 cm³/mol. The van der Waals surface area contributed by atoms with E-state index in [1.807, 2.05) is 6.07 Å². The van der Waals surface area contributed by atoms with Gasteiger partial charge >= 0.3 is 0 Å². The summed E-state index contributed by atoms with van der Waals surface area (Å²) in [6.45, 7) is 4.68. The monoisotopic (exact) mass is 348 g/mol. The van der Waals surface area contributed by atoms with Gasteiger partial charge in [-0.05, 0) is 30.7 Å². The van der Waals surface area contributed by atoms with Gasteiger partial charge in [-0.15, -0.1) is 0 Å². The van der Waals surface area contributed by atoms with Gasteiger partial charge in [0.25, 0.3) is 10.0 Å². The zero-order valence-electron chi connectivity index (χ0n) is 13.7. The molecule has 7 nitrogen and oxygen atoms in total. The fraction of sp³-hybridized carbons (Fsp3) is 0.375. The van der Waals surface area contributed by atoms with Crippen LogP contribution in [0.2, 0.25) is 0 Å². The summed E-state index contributed by atoms with van der Waals surface area (Å²) in [7, 11) is -2.14. The van der Waals surface area contributed by atoms with Crippen molar-refractivity contribution < 1.29 is 13.2 Å². The first kappa shape index (κ1) is 16.7. The van der Waals surface area contributed by atoms with Gasteiger partial charge < -0.3 is 9.64 Å². The lowest BCUT2D eigenvalue weighted by Gasteiger charge is -2.28. The predicted octanol–water partition coefficient (Wildman–Crippen LogP) is 1.45. The first-order valence-electron chi connectivity index (χ1n) is 7.68. The number of anilines is 2. The summed E-state index contributed by atoms with van der Waals surface area (Å²) in [5.41, 5.74) is 1.17. The van der Waals surface area contributed by atoms with E-state index in [0.717, 1.165) is 18.9 Å². The molecular formula is C16H20N4O3S. The van der Waals surface area contributed by atoms with Crippen LogP contribution in [0.3, 0.4) is 0 Å². The molecule has 1 aliphatic rings. The smallest absolute Gasteiger partial charge is 0.265 e. The molecule has 0 radical (unpaired) electrons. The third-order valence-electron chi connectivity index (χ3n) is 4.06. The van der Waals surface area contributed by atoms with Gasteiger partial charge in [0.2, 0.25) is 0 Å². The van der Waals surface area contributed by atoms with Gasteiger partial charge in [-0.2, -0.15) is 0 Å². The minimum atomic E-state index is -3.66. The molecule has 0 atom stereocenters. The van der Waals surface area contributed by atoms with Gasteiger partial charge in [-0.1, -0.05) is 0 Å². The first-order chi connectivity index (χ1) is 11.5. The van der Waals surface area contributed by atoms with Gasteiger partial charge in [0, 0.05) is 32.5 Å². The van der Waals surface area contributed by atoms with Gasteiger partial charge in [-0.3, -0.25) is 9.29 Å². The van der Waals surface area contributed by atoms with Crippen molar-refractivity contribution >= 4 is 21.5 Å². The molecule has 1 fully saturated rings. The Morgan fingerprint density at radius 3 is 2.54 bits per heavy atom. The molecule has 3 rings (SSSR count). The number of sulfonamides is 1. The van der Waals surface area contributed by atoms with Crippen molar-refractivity contribution in [2.75, 3.05) is 42.6 Å². The van der Waals surface area contributed by atoms with Crippen LogP contribution in [-0.4, -0.2) is 51.7 Å². The quantitative estimate of drug-likeness (QED) is 0.832. The number of nitrogens with zero attached hydrogens (tertiary/aromatic N) is 4. The molecule has 2 aromatic rings. The molecule has 24 heavy (non-hydrogen) atoms. The normalized spacial score (nSPS) is 15.3. The maximum Gasteiger partial charge on any atom is 0.265 e. The maximum atomic E-state index is 12.8. The van der Waals surface area contributed by atoms with E-state index in [1.165, 1.54) is 17.5 Å². The highest BCUT2D eigenvalue weighted by molar-refractivity contribution is 7.92. The Morgan fingerprint density at radius 1 is 1.17 bits per heavy atom. The van der Waals surface area contributed by atoms with Gasteiger partial charge in [-0.25, -0.2) is 13.4 Å². The number of ether oxygens (including phenoxy) is 1. The molecule has 128 valence electrons. The number of aromatic nitrogens is 2. The summed E-state index contributed by atoms with van der Waals surface area (Å²) in [5, 5.41) is 0. The summed E-state index contributed by atoms with van der Waals surface area (Å²) in [6, 6.07) is 5.28. The van der Waals surface area contributed by atoms with Crippen molar-refractivity contribution in [3.8, 4) is 0 Å². The van der Waals surface area contributed by atoms with E-state index < -0.39 is 10.0 Å². The Hall–Kier alpha value is -2.19. The van der Waals surface area contributed by atoms with Crippen molar-refractivity contribution in [1.29, 1.82) is 0 Å². The Kier molecular flexibility index (Phi) is 4.68. The average molecular weight is 348 g/mol. The fourth-order valence-electron chi connectivity index (χ4n) is 2.55. The van der Waals surface area contributed by atoms with Gasteiger partial charge in [0.15, 0.2) is 0 Å². The average Bonchev–Trinajstić information content (AvgIpc) is 2.62. The van der Waals surface area contributed by atoms with Gasteiger partial charge in [0.05, 0.1) is 25.1 Å². The first-order valence-corrected chi connectivity index (χ1v) is 9.12. The second kappa shape index (κ2) is 6.74. The van der Waals surface area contributed by atoms with E-state index >= 15 is 0 Å². The Labute approximate surface area is 142 Å². The summed E-state index contributed by atoms with van der Waals surface area (Å²) < 4.78 is 32.1. The largest absolute Gasteiger partial charge is 0.378 e. The topological polar surface area (TPSA) is 75.6 Å². The van der Waals surface area contributed by atoms with Crippen molar-refractivity contribution in [3.63, 3.8) is 0 Å². The number of pyridine rings is 2. The number of aryl methyl sites for hydroxylation is 1. The van der Waals surface area contributed by atoms with Crippen LogP contribution in [0.25, 0.3) is 0 Å². The number of hydrogen-bond acceptors (Lipinski definition) is 6. The van der Waals surface area contributed by atoms with Crippen molar-refractivity contribution in [3.05, 3.63) is 42.4 Å². The molecule has 8 heteroatoms. The van der Waals surface area contributed by atoms with Gasteiger partial charge in [0.1, 0.15) is 10.7 Å². The van der Waals surface area contributed by atoms with Crippen LogP contribution in [0, 0.1) is 6.92 Å². The molecule has 0 saturated carbocycles. The van der Waals surface area contributed by atoms with E-state index in [4.69, 9.17) is 4.74 Å². The molecule has 2 aromatic heterocycles. The van der Waals surface area contributed by atoms with Crippen LogP contribution >= 0.6 is 0 Å². The third kappa shape index (κ3) is 3.20. The number of rotatable bonds is 4. The second-order valence-corrected chi connectivity index (χ2v) is 7.53. The van der Waals surface area contributed by atoms with Crippen LogP contribution < -0.4 is 9.21 Å². The molecule has 1 aliphatic heterocycles. The summed E-state index contributed by atoms with van der Waals surface area (Å²) in [6.07, 6.45) is 4.53. The van der Waals surface area contributed by atoms with Crippen molar-refractivity contribution in [2.45, 2.75) is 11.8 Å². The minimum absolute atomic E-state index is 0.199. The summed E-state index contributed by atoms with van der Waals surface area (Å²) >= 11 is 0. The Balaban J connectivity index is 1.84. The lowest BCUT2D eigenvalue weighted by atomic mass is 10.3. The Morgan fingerprint density at radius 2 is 1.92 bits per heavy atom. The van der Waals surface area contributed by atoms with E-state index in [0.29, 0.717) is 24.5 Å². The highest BCUT2D eigenvalue weighted by Crippen LogP contribution is 2.24. The highest BCUT2D eigenvalue weighted by Gasteiger charge is 2.24. The number of hydrogen-bond donors (Lipinski definition) is 0. The van der Waals surface area contributed by atoms with Crippen molar-refractivity contribution in [1.82, 2.24) is 9.97 Å². The molecule has 0 N–H and O–H groups in total. The fourth-order valence-corrected chi connectivity index (χ4v) is 3.90. The van der Waals surface area contributed by atoms with Crippen LogP contribution in [0.5, 0.6) is 0 Å². The molecule has 0 bridgehead atoms. The highest BCUT2D eigenvalue weighted by atomic mass is 32.2. The molecule has 0 unspecified atom stereocenters. The van der Waals surface area contributed by atoms with Crippen LogP contribution in [0.15, 0.2) is 41.7 Å². The lowest BCUT2D eigenvalue weighted by molar-refractivity contribution is 0.122.